The SMILES string of the molecule is CCCC(CC)Cc1c[nH]c2ccccc12. The number of hydrogen-bond donors (Lipinski definition) is 1. The molecule has 1 heteroatoms. The molecular formula is C15H21N. The molecule has 0 aliphatic rings. The topological polar surface area (TPSA) is 15.8 Å². The highest BCUT2D eigenvalue weighted by molar-refractivity contribution is 5.83. The molecule has 0 amide bonds. The number of hydrogen-bond acceptors (Lipinski definition) is 0. The Morgan fingerprint density at radius 3 is 2.75 bits per heavy atom. The normalized spacial score (nSPS) is 13.1. The molecule has 86 valence electrons. The van der Waals surface area contributed by atoms with Gasteiger partial charge in [-0.2, -0.15) is 0 Å². The van der Waals surface area contributed by atoms with E-state index in [0.29, 0.717) is 0 Å². The van der Waals surface area contributed by atoms with Gasteiger partial charge in [0.05, 0.1) is 0 Å². The highest BCUT2D eigenvalue weighted by Crippen LogP contribution is 2.23. The number of rotatable bonds is 5. The van der Waals surface area contributed by atoms with Gasteiger partial charge in [0.15, 0.2) is 0 Å². The van der Waals surface area contributed by atoms with E-state index in [-0.39, 0.29) is 0 Å². The van der Waals surface area contributed by atoms with Crippen molar-refractivity contribution < 1.29 is 0 Å². The van der Waals surface area contributed by atoms with Gasteiger partial charge >= 0.3 is 0 Å². The van der Waals surface area contributed by atoms with Crippen LogP contribution in [0.15, 0.2) is 30.5 Å². The lowest BCUT2D eigenvalue weighted by Gasteiger charge is -2.12. The van der Waals surface area contributed by atoms with Gasteiger partial charge in [0.1, 0.15) is 0 Å². The van der Waals surface area contributed by atoms with Gasteiger partial charge in [0, 0.05) is 17.1 Å². The van der Waals surface area contributed by atoms with Crippen LogP contribution in [0.2, 0.25) is 0 Å². The third-order valence-corrected chi connectivity index (χ3v) is 3.46. The second kappa shape index (κ2) is 5.20. The summed E-state index contributed by atoms with van der Waals surface area (Å²) in [4.78, 5) is 3.36. The van der Waals surface area contributed by atoms with E-state index >= 15 is 0 Å². The van der Waals surface area contributed by atoms with Crippen molar-refractivity contribution in [3.8, 4) is 0 Å². The molecule has 1 unspecified atom stereocenters. The van der Waals surface area contributed by atoms with Crippen LogP contribution in [0.3, 0.4) is 0 Å². The van der Waals surface area contributed by atoms with Crippen LogP contribution < -0.4 is 0 Å². The molecule has 0 aliphatic carbocycles. The quantitative estimate of drug-likeness (QED) is 0.754. The van der Waals surface area contributed by atoms with Gasteiger partial charge in [0.25, 0.3) is 0 Å². The molecule has 0 saturated heterocycles. The minimum atomic E-state index is 0.837. The predicted octanol–water partition coefficient (Wildman–Crippen LogP) is 4.54. The molecule has 1 aromatic heterocycles. The maximum Gasteiger partial charge on any atom is 0.0456 e. The van der Waals surface area contributed by atoms with Gasteiger partial charge in [-0.25, -0.2) is 0 Å². The van der Waals surface area contributed by atoms with Gasteiger partial charge < -0.3 is 4.98 Å². The van der Waals surface area contributed by atoms with E-state index < -0.39 is 0 Å². The maximum atomic E-state index is 3.36. The molecule has 0 radical (unpaired) electrons. The molecule has 16 heavy (non-hydrogen) atoms. The van der Waals surface area contributed by atoms with E-state index in [2.05, 4.69) is 49.3 Å². The van der Waals surface area contributed by atoms with Crippen LogP contribution in [0.25, 0.3) is 10.9 Å². The molecule has 0 aliphatic heterocycles. The molecule has 1 N–H and O–H groups in total. The van der Waals surface area contributed by atoms with Crippen molar-refractivity contribution in [1.82, 2.24) is 4.98 Å². The summed E-state index contributed by atoms with van der Waals surface area (Å²) in [5.74, 6) is 0.837. The van der Waals surface area contributed by atoms with Crippen molar-refractivity contribution in [2.75, 3.05) is 0 Å². The number of aromatic nitrogens is 1. The summed E-state index contributed by atoms with van der Waals surface area (Å²) in [6, 6.07) is 8.59. The second-order valence-corrected chi connectivity index (χ2v) is 4.63. The standard InChI is InChI=1S/C15H21N/c1-3-7-12(4-2)10-13-11-16-15-9-6-5-8-14(13)15/h5-6,8-9,11-12,16H,3-4,7,10H2,1-2H3. The molecule has 2 rings (SSSR count). The van der Waals surface area contributed by atoms with E-state index in [1.807, 2.05) is 0 Å². The Morgan fingerprint density at radius 1 is 1.19 bits per heavy atom. The van der Waals surface area contributed by atoms with Crippen molar-refractivity contribution in [2.45, 2.75) is 39.5 Å². The number of benzene rings is 1. The van der Waals surface area contributed by atoms with Crippen molar-refractivity contribution in [3.05, 3.63) is 36.0 Å². The summed E-state index contributed by atoms with van der Waals surface area (Å²) in [5, 5.41) is 1.40. The lowest BCUT2D eigenvalue weighted by Crippen LogP contribution is -2.02. The molecule has 1 atom stereocenters. The lowest BCUT2D eigenvalue weighted by molar-refractivity contribution is 0.463. The first-order valence-corrected chi connectivity index (χ1v) is 6.40. The molecule has 1 nitrogen and oxygen atoms in total. The van der Waals surface area contributed by atoms with Crippen molar-refractivity contribution in [1.29, 1.82) is 0 Å². The number of fused-ring (bicyclic) bond motifs is 1. The second-order valence-electron chi connectivity index (χ2n) is 4.63. The fourth-order valence-electron chi connectivity index (χ4n) is 2.47. The highest BCUT2D eigenvalue weighted by Gasteiger charge is 2.09. The molecule has 0 fully saturated rings. The summed E-state index contributed by atoms with van der Waals surface area (Å²) < 4.78 is 0. The Bertz CT molecular complexity index is 441. The Hall–Kier alpha value is -1.24. The number of para-hydroxylation sites is 1. The fourth-order valence-corrected chi connectivity index (χ4v) is 2.47. The predicted molar refractivity (Wildman–Crippen MR) is 70.7 cm³/mol. The van der Waals surface area contributed by atoms with Crippen LogP contribution in [-0.2, 0) is 6.42 Å². The monoisotopic (exact) mass is 215 g/mol. The molecule has 1 heterocycles. The first-order chi connectivity index (χ1) is 7.85. The maximum absolute atomic E-state index is 3.36. The minimum absolute atomic E-state index is 0.837. The van der Waals surface area contributed by atoms with Crippen LogP contribution in [-0.4, -0.2) is 4.98 Å². The molecular weight excluding hydrogens is 194 g/mol. The molecule has 0 bridgehead atoms. The average molecular weight is 215 g/mol. The Labute approximate surface area is 97.9 Å². The number of aromatic amines is 1. The summed E-state index contributed by atoms with van der Waals surface area (Å²) >= 11 is 0. The third-order valence-electron chi connectivity index (χ3n) is 3.46. The number of nitrogens with one attached hydrogen (secondary N) is 1. The van der Waals surface area contributed by atoms with E-state index in [9.17, 15) is 0 Å². The van der Waals surface area contributed by atoms with E-state index in [1.54, 1.807) is 0 Å². The van der Waals surface area contributed by atoms with Gasteiger partial charge in [0.2, 0.25) is 0 Å². The van der Waals surface area contributed by atoms with Crippen molar-refractivity contribution in [3.63, 3.8) is 0 Å². The Kier molecular flexibility index (Phi) is 3.66. The van der Waals surface area contributed by atoms with Crippen LogP contribution >= 0.6 is 0 Å². The van der Waals surface area contributed by atoms with E-state index in [0.717, 1.165) is 5.92 Å². The molecule has 1 aromatic carbocycles. The molecule has 0 spiro atoms. The van der Waals surface area contributed by atoms with Crippen molar-refractivity contribution in [2.24, 2.45) is 5.92 Å². The first kappa shape index (κ1) is 11.3. The summed E-state index contributed by atoms with van der Waals surface area (Å²) in [6.07, 6.45) is 7.32. The first-order valence-electron chi connectivity index (χ1n) is 6.40. The summed E-state index contributed by atoms with van der Waals surface area (Å²) in [7, 11) is 0. The summed E-state index contributed by atoms with van der Waals surface area (Å²) in [6.45, 7) is 4.58. The third kappa shape index (κ3) is 2.29. The van der Waals surface area contributed by atoms with E-state index in [1.165, 1.54) is 42.1 Å². The van der Waals surface area contributed by atoms with Gasteiger partial charge in [-0.15, -0.1) is 0 Å². The average Bonchev–Trinajstić information content (AvgIpc) is 2.72. The lowest BCUT2D eigenvalue weighted by atomic mass is 9.93. The van der Waals surface area contributed by atoms with Crippen LogP contribution in [0.4, 0.5) is 0 Å². The fraction of sp³-hybridized carbons (Fsp3) is 0.467. The van der Waals surface area contributed by atoms with Gasteiger partial charge in [-0.1, -0.05) is 51.3 Å². The Balaban J connectivity index is 2.20. The summed E-state index contributed by atoms with van der Waals surface area (Å²) in [5.41, 5.74) is 2.75. The van der Waals surface area contributed by atoms with Gasteiger partial charge in [-0.05, 0) is 24.0 Å². The zero-order valence-corrected chi connectivity index (χ0v) is 10.3. The molecule has 2 aromatic rings. The van der Waals surface area contributed by atoms with Crippen LogP contribution in [0.5, 0.6) is 0 Å². The zero-order chi connectivity index (χ0) is 11.4. The van der Waals surface area contributed by atoms with E-state index in [4.69, 9.17) is 0 Å². The Morgan fingerprint density at radius 2 is 2.00 bits per heavy atom. The van der Waals surface area contributed by atoms with Crippen LogP contribution in [0, 0.1) is 5.92 Å². The van der Waals surface area contributed by atoms with Crippen LogP contribution in [0.1, 0.15) is 38.7 Å². The number of H-pyrrole nitrogens is 1. The van der Waals surface area contributed by atoms with Gasteiger partial charge in [-0.3, -0.25) is 0 Å². The van der Waals surface area contributed by atoms with Crippen molar-refractivity contribution >= 4 is 10.9 Å². The largest absolute Gasteiger partial charge is 0.361 e. The highest BCUT2D eigenvalue weighted by atomic mass is 14.7. The molecule has 0 saturated carbocycles. The smallest absolute Gasteiger partial charge is 0.0456 e. The minimum Gasteiger partial charge on any atom is -0.361 e. The zero-order valence-electron chi connectivity index (χ0n) is 10.3.